The molecule has 0 atom stereocenters. The lowest BCUT2D eigenvalue weighted by Crippen LogP contribution is -2.22. The average Bonchev–Trinajstić information content (AvgIpc) is 2.62. The van der Waals surface area contributed by atoms with E-state index in [9.17, 15) is 0 Å². The van der Waals surface area contributed by atoms with Crippen molar-refractivity contribution in [2.75, 3.05) is 20.1 Å². The molecule has 15 heavy (non-hydrogen) atoms. The molecule has 0 amide bonds. The van der Waals surface area contributed by atoms with Gasteiger partial charge in [0.1, 0.15) is 0 Å². The summed E-state index contributed by atoms with van der Waals surface area (Å²) < 4.78 is 1.20. The minimum Gasteiger partial charge on any atom is -0.306 e. The van der Waals surface area contributed by atoms with Crippen molar-refractivity contribution in [3.63, 3.8) is 0 Å². The Bertz CT molecular complexity index is 330. The number of hydrogen-bond acceptors (Lipinski definition) is 3. The van der Waals surface area contributed by atoms with E-state index in [1.54, 1.807) is 11.3 Å². The van der Waals surface area contributed by atoms with E-state index in [0.29, 0.717) is 6.42 Å². The van der Waals surface area contributed by atoms with Crippen molar-refractivity contribution in [1.82, 2.24) is 4.90 Å². The topological polar surface area (TPSA) is 27.0 Å². The molecule has 0 bridgehead atoms. The van der Waals surface area contributed by atoms with Crippen LogP contribution in [0.1, 0.15) is 17.7 Å². The molecule has 1 heterocycles. The number of hydrogen-bond donors (Lipinski definition) is 0. The molecule has 0 aliphatic carbocycles. The molecular formula is C11H15BrN2S. The van der Waals surface area contributed by atoms with Crippen molar-refractivity contribution >= 4 is 27.3 Å². The normalized spacial score (nSPS) is 10.5. The Hall–Kier alpha value is -0.370. The maximum Gasteiger partial charge on any atom is 0.0701 e. The second-order valence-corrected chi connectivity index (χ2v) is 6.07. The van der Waals surface area contributed by atoms with Gasteiger partial charge in [-0.05, 0) is 54.5 Å². The van der Waals surface area contributed by atoms with Crippen LogP contribution < -0.4 is 0 Å². The van der Waals surface area contributed by atoms with Crippen LogP contribution in [-0.2, 0) is 6.42 Å². The highest BCUT2D eigenvalue weighted by Gasteiger charge is 2.01. The molecule has 0 aliphatic rings. The fourth-order valence-electron chi connectivity index (χ4n) is 1.33. The molecule has 0 saturated heterocycles. The van der Waals surface area contributed by atoms with Gasteiger partial charge in [-0.3, -0.25) is 0 Å². The third-order valence-electron chi connectivity index (χ3n) is 2.20. The van der Waals surface area contributed by atoms with E-state index < -0.39 is 0 Å². The first-order valence-corrected chi connectivity index (χ1v) is 6.63. The molecule has 0 radical (unpaired) electrons. The van der Waals surface area contributed by atoms with Gasteiger partial charge in [-0.25, -0.2) is 0 Å². The Morgan fingerprint density at radius 3 is 2.87 bits per heavy atom. The van der Waals surface area contributed by atoms with Crippen LogP contribution in [0.3, 0.4) is 0 Å². The van der Waals surface area contributed by atoms with E-state index in [2.05, 4.69) is 46.1 Å². The Balaban J connectivity index is 2.17. The second-order valence-electron chi connectivity index (χ2n) is 3.52. The Kier molecular flexibility index (Phi) is 5.92. The van der Waals surface area contributed by atoms with Crippen molar-refractivity contribution < 1.29 is 0 Å². The molecular weight excluding hydrogens is 272 g/mol. The van der Waals surface area contributed by atoms with Gasteiger partial charge in [0.25, 0.3) is 0 Å². The standard InChI is InChI=1S/C11H15BrN2S/c1-14(8-3-2-7-13)9-6-10-4-5-11(12)15-10/h4-5H,2-3,6,8-9H2,1H3. The number of rotatable bonds is 6. The number of unbranched alkanes of at least 4 members (excludes halogenated alkanes) is 1. The van der Waals surface area contributed by atoms with E-state index in [0.717, 1.165) is 25.9 Å². The minimum atomic E-state index is 0.662. The Morgan fingerprint density at radius 2 is 2.27 bits per heavy atom. The molecule has 0 aliphatic heterocycles. The van der Waals surface area contributed by atoms with Crippen LogP contribution >= 0.6 is 27.3 Å². The number of nitriles is 1. The number of likely N-dealkylation sites (N-methyl/N-ethyl adjacent to an activating group) is 1. The van der Waals surface area contributed by atoms with Crippen LogP contribution in [-0.4, -0.2) is 25.0 Å². The zero-order valence-corrected chi connectivity index (χ0v) is 11.3. The smallest absolute Gasteiger partial charge is 0.0701 e. The second kappa shape index (κ2) is 7.00. The third-order valence-corrected chi connectivity index (χ3v) is 3.88. The summed E-state index contributed by atoms with van der Waals surface area (Å²) in [7, 11) is 2.11. The molecule has 2 nitrogen and oxygen atoms in total. The van der Waals surface area contributed by atoms with E-state index >= 15 is 0 Å². The van der Waals surface area contributed by atoms with Crippen LogP contribution in [0.15, 0.2) is 15.9 Å². The maximum absolute atomic E-state index is 8.42. The summed E-state index contributed by atoms with van der Waals surface area (Å²) >= 11 is 5.26. The zero-order chi connectivity index (χ0) is 11.1. The van der Waals surface area contributed by atoms with Crippen LogP contribution in [0.5, 0.6) is 0 Å². The lowest BCUT2D eigenvalue weighted by atomic mass is 10.3. The monoisotopic (exact) mass is 286 g/mol. The van der Waals surface area contributed by atoms with Crippen molar-refractivity contribution in [3.8, 4) is 6.07 Å². The summed E-state index contributed by atoms with van der Waals surface area (Å²) in [5.74, 6) is 0. The first-order valence-electron chi connectivity index (χ1n) is 5.02. The summed E-state index contributed by atoms with van der Waals surface area (Å²) in [6.07, 6.45) is 2.73. The quantitative estimate of drug-likeness (QED) is 0.751. The predicted octanol–water partition coefficient (Wildman–Crippen LogP) is 3.29. The van der Waals surface area contributed by atoms with Crippen molar-refractivity contribution in [3.05, 3.63) is 20.8 Å². The third kappa shape index (κ3) is 5.31. The summed E-state index contributed by atoms with van der Waals surface area (Å²) in [6, 6.07) is 6.43. The van der Waals surface area contributed by atoms with Gasteiger partial charge in [-0.2, -0.15) is 5.26 Å². The van der Waals surface area contributed by atoms with Gasteiger partial charge in [0.05, 0.1) is 9.86 Å². The number of thiophene rings is 1. The summed E-state index contributed by atoms with van der Waals surface area (Å²) in [5, 5.41) is 8.42. The fraction of sp³-hybridized carbons (Fsp3) is 0.545. The van der Waals surface area contributed by atoms with Crippen LogP contribution in [0, 0.1) is 11.3 Å². The lowest BCUT2D eigenvalue weighted by molar-refractivity contribution is 0.336. The largest absolute Gasteiger partial charge is 0.306 e. The number of nitrogens with zero attached hydrogens (tertiary/aromatic N) is 2. The van der Waals surface area contributed by atoms with Gasteiger partial charge in [0.2, 0.25) is 0 Å². The summed E-state index contributed by atoms with van der Waals surface area (Å²) in [5.41, 5.74) is 0. The Morgan fingerprint density at radius 1 is 1.47 bits per heavy atom. The van der Waals surface area contributed by atoms with Gasteiger partial charge in [-0.1, -0.05) is 0 Å². The predicted molar refractivity (Wildman–Crippen MR) is 68.1 cm³/mol. The van der Waals surface area contributed by atoms with Crippen LogP contribution in [0.2, 0.25) is 0 Å². The van der Waals surface area contributed by atoms with Crippen molar-refractivity contribution in [1.29, 1.82) is 5.26 Å². The molecule has 0 saturated carbocycles. The molecule has 1 rings (SSSR count). The van der Waals surface area contributed by atoms with Gasteiger partial charge in [-0.15, -0.1) is 11.3 Å². The van der Waals surface area contributed by atoms with E-state index in [1.165, 1.54) is 8.66 Å². The first-order chi connectivity index (χ1) is 7.22. The maximum atomic E-state index is 8.42. The van der Waals surface area contributed by atoms with Gasteiger partial charge in [0.15, 0.2) is 0 Å². The highest BCUT2D eigenvalue weighted by Crippen LogP contribution is 2.22. The van der Waals surface area contributed by atoms with E-state index in [4.69, 9.17) is 5.26 Å². The molecule has 1 aromatic heterocycles. The first kappa shape index (κ1) is 12.7. The molecule has 0 unspecified atom stereocenters. The van der Waals surface area contributed by atoms with E-state index in [1.807, 2.05) is 0 Å². The molecule has 0 aromatic carbocycles. The van der Waals surface area contributed by atoms with Crippen molar-refractivity contribution in [2.24, 2.45) is 0 Å². The molecule has 0 spiro atoms. The van der Waals surface area contributed by atoms with Crippen molar-refractivity contribution in [2.45, 2.75) is 19.3 Å². The Labute approximate surface area is 104 Å². The molecule has 4 heteroatoms. The summed E-state index contributed by atoms with van der Waals surface area (Å²) in [4.78, 5) is 3.69. The summed E-state index contributed by atoms with van der Waals surface area (Å²) in [6.45, 7) is 2.08. The van der Waals surface area contributed by atoms with Crippen LogP contribution in [0.4, 0.5) is 0 Å². The average molecular weight is 287 g/mol. The van der Waals surface area contributed by atoms with Crippen LogP contribution in [0.25, 0.3) is 0 Å². The lowest BCUT2D eigenvalue weighted by Gasteiger charge is -2.14. The SMILES string of the molecule is CN(CCCC#N)CCc1ccc(Br)s1. The zero-order valence-electron chi connectivity index (χ0n) is 8.87. The van der Waals surface area contributed by atoms with Gasteiger partial charge >= 0.3 is 0 Å². The highest BCUT2D eigenvalue weighted by molar-refractivity contribution is 9.11. The highest BCUT2D eigenvalue weighted by atomic mass is 79.9. The van der Waals surface area contributed by atoms with Gasteiger partial charge in [0, 0.05) is 17.8 Å². The molecule has 1 aromatic rings. The number of halogens is 1. The molecule has 0 fully saturated rings. The van der Waals surface area contributed by atoms with Gasteiger partial charge < -0.3 is 4.90 Å². The minimum absolute atomic E-state index is 0.662. The molecule has 82 valence electrons. The fourth-order valence-corrected chi connectivity index (χ4v) is 2.80. The van der Waals surface area contributed by atoms with E-state index in [-0.39, 0.29) is 0 Å². The molecule has 0 N–H and O–H groups in total.